The molecular weight excluding hydrogens is 254 g/mol. The molecule has 0 heterocycles. The molecule has 0 aliphatic rings. The zero-order chi connectivity index (χ0) is 14.4. The molecule has 0 atom stereocenters. The first-order valence-electron chi connectivity index (χ1n) is 5.96. The number of carbonyl (C=O) groups excluding carboxylic acids is 1. The minimum Gasteiger partial charge on any atom is -0.487 e. The second-order valence-corrected chi connectivity index (χ2v) is 4.31. The SMILES string of the molecule is CN(C)C(=O)CCOc1c(F)cc(CCN)cc1F. The maximum absolute atomic E-state index is 13.6. The summed E-state index contributed by atoms with van der Waals surface area (Å²) in [4.78, 5) is 12.7. The van der Waals surface area contributed by atoms with Gasteiger partial charge in [-0.2, -0.15) is 0 Å². The Morgan fingerprint density at radius 1 is 1.32 bits per heavy atom. The third-order valence-electron chi connectivity index (χ3n) is 2.55. The van der Waals surface area contributed by atoms with E-state index in [1.807, 2.05) is 0 Å². The van der Waals surface area contributed by atoms with Gasteiger partial charge in [0.25, 0.3) is 0 Å². The van der Waals surface area contributed by atoms with E-state index in [1.54, 1.807) is 14.1 Å². The predicted molar refractivity (Wildman–Crippen MR) is 67.9 cm³/mol. The molecule has 0 aromatic heterocycles. The summed E-state index contributed by atoms with van der Waals surface area (Å²) in [6.07, 6.45) is 0.462. The average Bonchev–Trinajstić information content (AvgIpc) is 2.32. The average molecular weight is 272 g/mol. The fraction of sp³-hybridized carbons (Fsp3) is 0.462. The molecule has 0 unspecified atom stereocenters. The van der Waals surface area contributed by atoms with Crippen molar-refractivity contribution in [2.45, 2.75) is 12.8 Å². The number of nitrogens with two attached hydrogens (primary N) is 1. The Bertz CT molecular complexity index is 427. The van der Waals surface area contributed by atoms with Crippen molar-refractivity contribution in [3.05, 3.63) is 29.3 Å². The summed E-state index contributed by atoms with van der Waals surface area (Å²) in [5.74, 6) is -2.17. The summed E-state index contributed by atoms with van der Waals surface area (Å²) < 4.78 is 32.2. The number of hydrogen-bond donors (Lipinski definition) is 1. The molecule has 106 valence electrons. The second kappa shape index (κ2) is 7.04. The first-order valence-corrected chi connectivity index (χ1v) is 5.96. The highest BCUT2D eigenvalue weighted by molar-refractivity contribution is 5.75. The number of amides is 1. The van der Waals surface area contributed by atoms with Crippen LogP contribution in [0.4, 0.5) is 8.78 Å². The normalized spacial score (nSPS) is 10.4. The fourth-order valence-electron chi connectivity index (χ4n) is 1.53. The molecule has 0 radical (unpaired) electrons. The molecule has 1 aromatic rings. The van der Waals surface area contributed by atoms with Gasteiger partial charge in [-0.05, 0) is 30.7 Å². The van der Waals surface area contributed by atoms with E-state index in [-0.39, 0.29) is 18.9 Å². The van der Waals surface area contributed by atoms with E-state index < -0.39 is 17.4 Å². The summed E-state index contributed by atoms with van der Waals surface area (Å²) in [6, 6.07) is 2.39. The lowest BCUT2D eigenvalue weighted by atomic mass is 10.1. The van der Waals surface area contributed by atoms with E-state index in [2.05, 4.69) is 0 Å². The maximum atomic E-state index is 13.6. The lowest BCUT2D eigenvalue weighted by Crippen LogP contribution is -2.23. The summed E-state index contributed by atoms with van der Waals surface area (Å²) in [5, 5.41) is 0. The van der Waals surface area contributed by atoms with Gasteiger partial charge in [0.1, 0.15) is 0 Å². The van der Waals surface area contributed by atoms with Gasteiger partial charge in [-0.15, -0.1) is 0 Å². The van der Waals surface area contributed by atoms with Crippen LogP contribution < -0.4 is 10.5 Å². The van der Waals surface area contributed by atoms with Gasteiger partial charge < -0.3 is 15.4 Å². The quantitative estimate of drug-likeness (QED) is 0.850. The molecule has 0 bridgehead atoms. The van der Waals surface area contributed by atoms with Crippen LogP contribution in [0.1, 0.15) is 12.0 Å². The van der Waals surface area contributed by atoms with Gasteiger partial charge in [0, 0.05) is 14.1 Å². The zero-order valence-corrected chi connectivity index (χ0v) is 11.1. The maximum Gasteiger partial charge on any atom is 0.225 e. The lowest BCUT2D eigenvalue weighted by Gasteiger charge is -2.12. The van der Waals surface area contributed by atoms with E-state index >= 15 is 0 Å². The van der Waals surface area contributed by atoms with Gasteiger partial charge in [-0.3, -0.25) is 4.79 Å². The van der Waals surface area contributed by atoms with E-state index in [0.29, 0.717) is 18.5 Å². The first kappa shape index (κ1) is 15.4. The zero-order valence-electron chi connectivity index (χ0n) is 11.1. The number of hydrogen-bond acceptors (Lipinski definition) is 3. The van der Waals surface area contributed by atoms with Gasteiger partial charge in [0.2, 0.25) is 5.91 Å². The number of nitrogens with zero attached hydrogens (tertiary/aromatic N) is 1. The Kier molecular flexibility index (Phi) is 5.69. The minimum absolute atomic E-state index is 0.0659. The fourth-order valence-corrected chi connectivity index (χ4v) is 1.53. The first-order chi connectivity index (χ1) is 8.95. The van der Waals surface area contributed by atoms with E-state index in [0.717, 1.165) is 0 Å². The number of halogens is 2. The highest BCUT2D eigenvalue weighted by atomic mass is 19.1. The Hall–Kier alpha value is -1.69. The number of carbonyl (C=O) groups is 1. The van der Waals surface area contributed by atoms with Crippen LogP contribution in [0.5, 0.6) is 5.75 Å². The molecule has 4 nitrogen and oxygen atoms in total. The van der Waals surface area contributed by atoms with Crippen LogP contribution in [0, 0.1) is 11.6 Å². The molecule has 0 aliphatic heterocycles. The van der Waals surface area contributed by atoms with Crippen LogP contribution in [-0.2, 0) is 11.2 Å². The molecule has 0 saturated carbocycles. The van der Waals surface area contributed by atoms with Crippen LogP contribution in [-0.4, -0.2) is 38.1 Å². The van der Waals surface area contributed by atoms with Crippen molar-refractivity contribution in [2.75, 3.05) is 27.2 Å². The Morgan fingerprint density at radius 2 is 1.89 bits per heavy atom. The van der Waals surface area contributed by atoms with Crippen molar-refractivity contribution in [3.63, 3.8) is 0 Å². The third-order valence-corrected chi connectivity index (χ3v) is 2.55. The largest absolute Gasteiger partial charge is 0.487 e. The summed E-state index contributed by atoms with van der Waals surface area (Å²) in [5.41, 5.74) is 5.80. The van der Waals surface area contributed by atoms with Gasteiger partial charge >= 0.3 is 0 Å². The third kappa shape index (κ3) is 4.48. The van der Waals surface area contributed by atoms with Crippen LogP contribution in [0.25, 0.3) is 0 Å². The number of benzene rings is 1. The Morgan fingerprint density at radius 3 is 2.37 bits per heavy atom. The van der Waals surface area contributed by atoms with Crippen molar-refractivity contribution in [2.24, 2.45) is 5.73 Å². The minimum atomic E-state index is -0.777. The van der Waals surface area contributed by atoms with Crippen LogP contribution in [0.15, 0.2) is 12.1 Å². The monoisotopic (exact) mass is 272 g/mol. The van der Waals surface area contributed by atoms with Crippen LogP contribution >= 0.6 is 0 Å². The predicted octanol–water partition coefficient (Wildman–Crippen LogP) is 1.32. The molecule has 1 amide bonds. The Labute approximate surface area is 111 Å². The van der Waals surface area contributed by atoms with Gasteiger partial charge in [0.05, 0.1) is 13.0 Å². The Balaban J connectivity index is 2.66. The molecule has 0 fully saturated rings. The standard InChI is InChI=1S/C13H18F2N2O2/c1-17(2)12(18)4-6-19-13-10(14)7-9(3-5-16)8-11(13)15/h7-8H,3-6,16H2,1-2H3. The smallest absolute Gasteiger partial charge is 0.225 e. The van der Waals surface area contributed by atoms with Crippen LogP contribution in [0.2, 0.25) is 0 Å². The van der Waals surface area contributed by atoms with Gasteiger partial charge in [0.15, 0.2) is 17.4 Å². The number of ether oxygens (including phenoxy) is 1. The van der Waals surface area contributed by atoms with Crippen molar-refractivity contribution in [1.82, 2.24) is 4.90 Å². The molecule has 19 heavy (non-hydrogen) atoms. The van der Waals surface area contributed by atoms with Gasteiger partial charge in [-0.25, -0.2) is 8.78 Å². The van der Waals surface area contributed by atoms with Gasteiger partial charge in [-0.1, -0.05) is 0 Å². The molecular formula is C13H18F2N2O2. The molecule has 1 rings (SSSR count). The van der Waals surface area contributed by atoms with Crippen molar-refractivity contribution >= 4 is 5.91 Å². The van der Waals surface area contributed by atoms with E-state index in [1.165, 1.54) is 17.0 Å². The highest BCUT2D eigenvalue weighted by Crippen LogP contribution is 2.23. The topological polar surface area (TPSA) is 55.6 Å². The molecule has 0 aliphatic carbocycles. The van der Waals surface area contributed by atoms with Crippen molar-refractivity contribution < 1.29 is 18.3 Å². The molecule has 2 N–H and O–H groups in total. The van der Waals surface area contributed by atoms with Crippen molar-refractivity contribution in [1.29, 1.82) is 0 Å². The van der Waals surface area contributed by atoms with E-state index in [9.17, 15) is 13.6 Å². The molecule has 6 heteroatoms. The summed E-state index contributed by atoms with van der Waals surface area (Å²) in [7, 11) is 3.20. The van der Waals surface area contributed by atoms with Crippen molar-refractivity contribution in [3.8, 4) is 5.75 Å². The van der Waals surface area contributed by atoms with Crippen LogP contribution in [0.3, 0.4) is 0 Å². The molecule has 0 saturated heterocycles. The second-order valence-electron chi connectivity index (χ2n) is 4.31. The lowest BCUT2D eigenvalue weighted by molar-refractivity contribution is -0.129. The summed E-state index contributed by atoms with van der Waals surface area (Å²) >= 11 is 0. The molecule has 1 aromatic carbocycles. The highest BCUT2D eigenvalue weighted by Gasteiger charge is 2.13. The number of rotatable bonds is 6. The summed E-state index contributed by atoms with van der Waals surface area (Å²) in [6.45, 7) is 0.248. The molecule has 0 spiro atoms. The van der Waals surface area contributed by atoms with E-state index in [4.69, 9.17) is 10.5 Å².